The number of hydrogen-bond acceptors (Lipinski definition) is 5. The lowest BCUT2D eigenvalue weighted by atomic mass is 10.2. The van der Waals surface area contributed by atoms with Crippen LogP contribution >= 0.6 is 0 Å². The summed E-state index contributed by atoms with van der Waals surface area (Å²) in [7, 11) is -2.14. The zero-order valence-corrected chi connectivity index (χ0v) is 14.8. The minimum atomic E-state index is -3.59. The van der Waals surface area contributed by atoms with E-state index in [-0.39, 0.29) is 11.5 Å². The number of methoxy groups -OCH3 is 1. The maximum absolute atomic E-state index is 12.7. The number of aryl methyl sites for hydroxylation is 1. The van der Waals surface area contributed by atoms with Gasteiger partial charge in [-0.05, 0) is 24.6 Å². The molecule has 0 saturated carbocycles. The molecule has 8 heteroatoms. The van der Waals surface area contributed by atoms with E-state index in [1.807, 2.05) is 0 Å². The molecular weight excluding hydrogens is 318 g/mol. The standard InChI is InChI=1S/C15H25N3O4S/c1-5-18(6-2)23(20,21)14-9-12(8-7-11(14)3)17-15(19)13(16)10-22-4/h7-9,13H,5-6,10,16H2,1-4H3,(H,17,19). The summed E-state index contributed by atoms with van der Waals surface area (Å²) in [5.74, 6) is -0.429. The van der Waals surface area contributed by atoms with Crippen LogP contribution in [0.15, 0.2) is 23.1 Å². The number of amides is 1. The Balaban J connectivity index is 3.11. The Kier molecular flexibility index (Phi) is 7.14. The third-order valence-electron chi connectivity index (χ3n) is 3.46. The summed E-state index contributed by atoms with van der Waals surface area (Å²) in [6, 6.07) is 3.95. The smallest absolute Gasteiger partial charge is 0.243 e. The number of carbonyl (C=O) groups excluding carboxylic acids is 1. The van der Waals surface area contributed by atoms with Gasteiger partial charge in [0, 0.05) is 25.9 Å². The van der Waals surface area contributed by atoms with Crippen molar-refractivity contribution in [1.82, 2.24) is 4.31 Å². The molecule has 0 aromatic heterocycles. The fourth-order valence-corrected chi connectivity index (χ4v) is 3.86. The van der Waals surface area contributed by atoms with Gasteiger partial charge in [0.25, 0.3) is 0 Å². The summed E-state index contributed by atoms with van der Waals surface area (Å²) in [6.07, 6.45) is 0. The van der Waals surface area contributed by atoms with Crippen LogP contribution in [0.4, 0.5) is 5.69 Å². The molecule has 1 atom stereocenters. The van der Waals surface area contributed by atoms with E-state index in [1.165, 1.54) is 17.5 Å². The number of sulfonamides is 1. The molecule has 0 spiro atoms. The van der Waals surface area contributed by atoms with Gasteiger partial charge >= 0.3 is 0 Å². The highest BCUT2D eigenvalue weighted by Gasteiger charge is 2.24. The predicted octanol–water partition coefficient (Wildman–Crippen LogP) is 0.938. The van der Waals surface area contributed by atoms with Gasteiger partial charge in [-0.15, -0.1) is 0 Å². The zero-order valence-electron chi connectivity index (χ0n) is 14.0. The van der Waals surface area contributed by atoms with Gasteiger partial charge in [-0.25, -0.2) is 8.42 Å². The number of hydrogen-bond donors (Lipinski definition) is 2. The van der Waals surface area contributed by atoms with Crippen LogP contribution in [0.25, 0.3) is 0 Å². The molecule has 130 valence electrons. The Bertz CT molecular complexity index is 642. The number of rotatable bonds is 8. The fraction of sp³-hybridized carbons (Fsp3) is 0.533. The molecule has 0 bridgehead atoms. The highest BCUT2D eigenvalue weighted by molar-refractivity contribution is 7.89. The molecule has 23 heavy (non-hydrogen) atoms. The maximum Gasteiger partial charge on any atom is 0.243 e. The van der Waals surface area contributed by atoms with Gasteiger partial charge < -0.3 is 15.8 Å². The van der Waals surface area contributed by atoms with E-state index in [9.17, 15) is 13.2 Å². The van der Waals surface area contributed by atoms with Gasteiger partial charge in [0.05, 0.1) is 11.5 Å². The number of nitrogens with zero attached hydrogens (tertiary/aromatic N) is 1. The lowest BCUT2D eigenvalue weighted by molar-refractivity contribution is -0.118. The number of benzene rings is 1. The third-order valence-corrected chi connectivity index (χ3v) is 5.65. The zero-order chi connectivity index (χ0) is 17.6. The second kappa shape index (κ2) is 8.39. The highest BCUT2D eigenvalue weighted by Crippen LogP contribution is 2.23. The largest absolute Gasteiger partial charge is 0.383 e. The summed E-state index contributed by atoms with van der Waals surface area (Å²) in [5, 5.41) is 2.61. The summed E-state index contributed by atoms with van der Waals surface area (Å²) >= 11 is 0. The van der Waals surface area contributed by atoms with Crippen molar-refractivity contribution in [2.24, 2.45) is 5.73 Å². The number of carbonyl (C=O) groups is 1. The van der Waals surface area contributed by atoms with Crippen LogP contribution in [-0.2, 0) is 19.6 Å². The molecule has 1 aromatic rings. The number of ether oxygens (including phenoxy) is 1. The Morgan fingerprint density at radius 2 is 1.96 bits per heavy atom. The third kappa shape index (κ3) is 4.74. The van der Waals surface area contributed by atoms with Crippen molar-refractivity contribution in [3.05, 3.63) is 23.8 Å². The van der Waals surface area contributed by atoms with Gasteiger partial charge in [0.15, 0.2) is 0 Å². The first-order valence-electron chi connectivity index (χ1n) is 7.44. The summed E-state index contributed by atoms with van der Waals surface area (Å²) in [4.78, 5) is 12.1. The minimum absolute atomic E-state index is 0.0856. The van der Waals surface area contributed by atoms with Crippen LogP contribution in [0.3, 0.4) is 0 Å². The molecular formula is C15H25N3O4S. The summed E-state index contributed by atoms with van der Waals surface area (Å²) in [6.45, 7) is 6.14. The minimum Gasteiger partial charge on any atom is -0.383 e. The SMILES string of the molecule is CCN(CC)S(=O)(=O)c1cc(NC(=O)C(N)COC)ccc1C. The van der Waals surface area contributed by atoms with Crippen molar-refractivity contribution in [3.8, 4) is 0 Å². The van der Waals surface area contributed by atoms with E-state index in [2.05, 4.69) is 5.32 Å². The van der Waals surface area contributed by atoms with Crippen LogP contribution in [0.5, 0.6) is 0 Å². The van der Waals surface area contributed by atoms with E-state index in [0.29, 0.717) is 24.3 Å². The topological polar surface area (TPSA) is 102 Å². The Morgan fingerprint density at radius 1 is 1.35 bits per heavy atom. The van der Waals surface area contributed by atoms with Gasteiger partial charge in [0.1, 0.15) is 6.04 Å². The van der Waals surface area contributed by atoms with E-state index < -0.39 is 22.0 Å². The van der Waals surface area contributed by atoms with Crippen LogP contribution < -0.4 is 11.1 Å². The number of nitrogens with one attached hydrogen (secondary N) is 1. The Hall–Kier alpha value is -1.48. The van der Waals surface area contributed by atoms with Crippen molar-refractivity contribution in [2.45, 2.75) is 31.7 Å². The van der Waals surface area contributed by atoms with Gasteiger partial charge in [-0.3, -0.25) is 4.79 Å². The molecule has 1 aromatic carbocycles. The summed E-state index contributed by atoms with van der Waals surface area (Å²) in [5.41, 5.74) is 6.67. The molecule has 1 rings (SSSR count). The molecule has 0 heterocycles. The van der Waals surface area contributed by atoms with Gasteiger partial charge in [-0.2, -0.15) is 4.31 Å². The van der Waals surface area contributed by atoms with E-state index in [0.717, 1.165) is 0 Å². The summed E-state index contributed by atoms with van der Waals surface area (Å²) < 4.78 is 31.5. The molecule has 3 N–H and O–H groups in total. The maximum atomic E-state index is 12.7. The number of nitrogens with two attached hydrogens (primary N) is 1. The van der Waals surface area contributed by atoms with E-state index in [1.54, 1.807) is 32.9 Å². The second-order valence-corrected chi connectivity index (χ2v) is 7.03. The first-order chi connectivity index (χ1) is 10.8. The average molecular weight is 343 g/mol. The van der Waals surface area contributed by atoms with Crippen molar-refractivity contribution in [1.29, 1.82) is 0 Å². The van der Waals surface area contributed by atoms with Crippen LogP contribution in [0.1, 0.15) is 19.4 Å². The van der Waals surface area contributed by atoms with Crippen LogP contribution in [0, 0.1) is 6.92 Å². The van der Waals surface area contributed by atoms with Crippen LogP contribution in [0.2, 0.25) is 0 Å². The Labute approximate surface area is 137 Å². The van der Waals surface area contributed by atoms with E-state index >= 15 is 0 Å². The highest BCUT2D eigenvalue weighted by atomic mass is 32.2. The lowest BCUT2D eigenvalue weighted by Crippen LogP contribution is -2.39. The molecule has 0 aliphatic carbocycles. The molecule has 7 nitrogen and oxygen atoms in total. The number of anilines is 1. The molecule has 1 amide bonds. The van der Waals surface area contributed by atoms with Crippen molar-refractivity contribution in [3.63, 3.8) is 0 Å². The molecule has 0 radical (unpaired) electrons. The van der Waals surface area contributed by atoms with Gasteiger partial charge in [-0.1, -0.05) is 19.9 Å². The van der Waals surface area contributed by atoms with Crippen molar-refractivity contribution >= 4 is 21.6 Å². The first kappa shape index (κ1) is 19.6. The van der Waals surface area contributed by atoms with Crippen LogP contribution in [-0.4, -0.2) is 51.5 Å². The molecule has 0 aliphatic rings. The fourth-order valence-electron chi connectivity index (χ4n) is 2.15. The van der Waals surface area contributed by atoms with Crippen molar-refractivity contribution in [2.75, 3.05) is 32.1 Å². The monoisotopic (exact) mass is 343 g/mol. The second-order valence-electron chi connectivity index (χ2n) is 5.12. The average Bonchev–Trinajstić information content (AvgIpc) is 2.50. The molecule has 0 fully saturated rings. The molecule has 0 saturated heterocycles. The quantitative estimate of drug-likeness (QED) is 0.731. The molecule has 0 aliphatic heterocycles. The molecule has 1 unspecified atom stereocenters. The normalized spacial score (nSPS) is 13.1. The van der Waals surface area contributed by atoms with E-state index in [4.69, 9.17) is 10.5 Å². The Morgan fingerprint density at radius 3 is 2.48 bits per heavy atom. The first-order valence-corrected chi connectivity index (χ1v) is 8.88. The lowest BCUT2D eigenvalue weighted by Gasteiger charge is -2.20. The van der Waals surface area contributed by atoms with Crippen molar-refractivity contribution < 1.29 is 17.9 Å². The van der Waals surface area contributed by atoms with Gasteiger partial charge in [0.2, 0.25) is 15.9 Å². The predicted molar refractivity (Wildman–Crippen MR) is 89.8 cm³/mol.